The normalized spacial score (nSPS) is 15.6. The highest BCUT2D eigenvalue weighted by Gasteiger charge is 2.21. The van der Waals surface area contributed by atoms with Gasteiger partial charge in [0.25, 0.3) is 0 Å². The average Bonchev–Trinajstić information content (AvgIpc) is 2.12. The van der Waals surface area contributed by atoms with Gasteiger partial charge in [0.05, 0.1) is 11.8 Å². The molecule has 1 atom stereocenters. The molecule has 0 aromatic rings. The minimum absolute atomic E-state index is 0.172. The lowest BCUT2D eigenvalue weighted by Crippen LogP contribution is -2.43. The highest BCUT2D eigenvalue weighted by Crippen LogP contribution is 2.12. The quantitative estimate of drug-likeness (QED) is 0.672. The third-order valence-electron chi connectivity index (χ3n) is 1.80. The van der Waals surface area contributed by atoms with E-state index in [0.29, 0.717) is 11.5 Å². The molecule has 0 rings (SSSR count). The molecule has 0 aliphatic carbocycles. The fourth-order valence-corrected chi connectivity index (χ4v) is 3.40. The monoisotopic (exact) mass is 250 g/mol. The lowest BCUT2D eigenvalue weighted by molar-refractivity contribution is 0.511. The van der Waals surface area contributed by atoms with Crippen LogP contribution in [0.15, 0.2) is 0 Å². The van der Waals surface area contributed by atoms with Crippen LogP contribution in [0.25, 0.3) is 0 Å². The van der Waals surface area contributed by atoms with E-state index in [-0.39, 0.29) is 5.75 Å². The van der Waals surface area contributed by atoms with Crippen LogP contribution in [0.3, 0.4) is 0 Å². The number of rotatable bonds is 7. The lowest BCUT2D eigenvalue weighted by Gasteiger charge is -2.21. The SMILES string of the molecule is CCNC(C)(C#N)CSCCS(C)(=O)=O. The maximum atomic E-state index is 10.9. The zero-order chi connectivity index (χ0) is 11.9. The number of hydrogen-bond acceptors (Lipinski definition) is 5. The molecular formula is C9H18N2O2S2. The molecule has 0 heterocycles. The van der Waals surface area contributed by atoms with Crippen LogP contribution in [-0.4, -0.2) is 44.0 Å². The van der Waals surface area contributed by atoms with Gasteiger partial charge in [0.15, 0.2) is 0 Å². The third kappa shape index (κ3) is 7.65. The first-order valence-electron chi connectivity index (χ1n) is 4.75. The second-order valence-electron chi connectivity index (χ2n) is 3.66. The number of sulfone groups is 1. The molecule has 0 amide bonds. The van der Waals surface area contributed by atoms with Crippen molar-refractivity contribution in [2.24, 2.45) is 0 Å². The molecule has 1 unspecified atom stereocenters. The predicted molar refractivity (Wildman–Crippen MR) is 64.7 cm³/mol. The number of nitrogens with one attached hydrogen (secondary N) is 1. The molecular weight excluding hydrogens is 232 g/mol. The van der Waals surface area contributed by atoms with Crippen LogP contribution in [0, 0.1) is 11.3 Å². The predicted octanol–water partition coefficient (Wildman–Crippen LogP) is 0.656. The first kappa shape index (κ1) is 14.8. The second-order valence-corrected chi connectivity index (χ2v) is 7.02. The van der Waals surface area contributed by atoms with Gasteiger partial charge in [-0.15, -0.1) is 0 Å². The average molecular weight is 250 g/mol. The molecule has 0 aliphatic rings. The fourth-order valence-electron chi connectivity index (χ4n) is 1.000. The van der Waals surface area contributed by atoms with Gasteiger partial charge in [-0.05, 0) is 13.5 Å². The van der Waals surface area contributed by atoms with E-state index < -0.39 is 15.4 Å². The van der Waals surface area contributed by atoms with Crippen molar-refractivity contribution in [2.75, 3.05) is 30.1 Å². The highest BCUT2D eigenvalue weighted by molar-refractivity contribution is 8.00. The van der Waals surface area contributed by atoms with Gasteiger partial charge in [-0.3, -0.25) is 5.32 Å². The molecule has 15 heavy (non-hydrogen) atoms. The summed E-state index contributed by atoms with van der Waals surface area (Å²) >= 11 is 1.49. The molecule has 0 radical (unpaired) electrons. The van der Waals surface area contributed by atoms with Gasteiger partial charge in [0, 0.05) is 17.8 Å². The highest BCUT2D eigenvalue weighted by atomic mass is 32.2. The molecule has 6 heteroatoms. The van der Waals surface area contributed by atoms with Crippen LogP contribution in [0.1, 0.15) is 13.8 Å². The van der Waals surface area contributed by atoms with Gasteiger partial charge in [-0.1, -0.05) is 6.92 Å². The molecule has 0 spiro atoms. The summed E-state index contributed by atoms with van der Waals surface area (Å²) in [6.45, 7) is 4.50. The Morgan fingerprint density at radius 1 is 1.53 bits per heavy atom. The number of thioether (sulfide) groups is 1. The van der Waals surface area contributed by atoms with Crippen molar-refractivity contribution in [3.8, 4) is 6.07 Å². The summed E-state index contributed by atoms with van der Waals surface area (Å²) in [5.41, 5.74) is -0.559. The van der Waals surface area contributed by atoms with Crippen molar-refractivity contribution in [1.29, 1.82) is 5.26 Å². The Bertz CT molecular complexity index is 321. The summed E-state index contributed by atoms with van der Waals surface area (Å²) in [5.74, 6) is 1.32. The Morgan fingerprint density at radius 3 is 2.53 bits per heavy atom. The van der Waals surface area contributed by atoms with Gasteiger partial charge in [0.2, 0.25) is 0 Å². The fraction of sp³-hybridized carbons (Fsp3) is 0.889. The zero-order valence-corrected chi connectivity index (χ0v) is 11.0. The van der Waals surface area contributed by atoms with E-state index in [1.807, 2.05) is 13.8 Å². The van der Waals surface area contributed by atoms with Crippen LogP contribution in [0.5, 0.6) is 0 Å². The van der Waals surface area contributed by atoms with E-state index in [1.165, 1.54) is 18.0 Å². The summed E-state index contributed by atoms with van der Waals surface area (Å²) in [4.78, 5) is 0. The molecule has 0 bridgehead atoms. The number of nitriles is 1. The van der Waals surface area contributed by atoms with E-state index in [2.05, 4.69) is 11.4 Å². The van der Waals surface area contributed by atoms with E-state index in [9.17, 15) is 8.42 Å². The van der Waals surface area contributed by atoms with Crippen molar-refractivity contribution < 1.29 is 8.42 Å². The Balaban J connectivity index is 3.89. The Hall–Kier alpha value is -0.250. The number of hydrogen-bond donors (Lipinski definition) is 1. The van der Waals surface area contributed by atoms with E-state index in [1.54, 1.807) is 0 Å². The Morgan fingerprint density at radius 2 is 2.13 bits per heavy atom. The summed E-state index contributed by atoms with van der Waals surface area (Å²) in [5, 5.41) is 12.0. The molecule has 88 valence electrons. The Kier molecular flexibility index (Phi) is 6.25. The molecule has 0 aromatic heterocycles. The van der Waals surface area contributed by atoms with Gasteiger partial charge < -0.3 is 0 Å². The topological polar surface area (TPSA) is 70.0 Å². The van der Waals surface area contributed by atoms with Gasteiger partial charge in [0.1, 0.15) is 15.4 Å². The van der Waals surface area contributed by atoms with Crippen molar-refractivity contribution in [3.63, 3.8) is 0 Å². The van der Waals surface area contributed by atoms with E-state index in [0.717, 1.165) is 6.54 Å². The molecule has 0 fully saturated rings. The maximum Gasteiger partial charge on any atom is 0.148 e. The minimum Gasteiger partial charge on any atom is -0.299 e. The summed E-state index contributed by atoms with van der Waals surface area (Å²) < 4.78 is 21.7. The largest absolute Gasteiger partial charge is 0.299 e. The van der Waals surface area contributed by atoms with E-state index >= 15 is 0 Å². The van der Waals surface area contributed by atoms with Gasteiger partial charge in [-0.25, -0.2) is 8.42 Å². The minimum atomic E-state index is -2.89. The summed E-state index contributed by atoms with van der Waals surface area (Å²) in [6, 6.07) is 2.20. The van der Waals surface area contributed by atoms with Crippen LogP contribution in [-0.2, 0) is 9.84 Å². The smallest absolute Gasteiger partial charge is 0.148 e. The van der Waals surface area contributed by atoms with Crippen LogP contribution in [0.2, 0.25) is 0 Å². The van der Waals surface area contributed by atoms with Gasteiger partial charge in [-0.2, -0.15) is 17.0 Å². The molecule has 1 N–H and O–H groups in total. The van der Waals surface area contributed by atoms with Crippen LogP contribution < -0.4 is 5.32 Å². The van der Waals surface area contributed by atoms with Crippen molar-refractivity contribution in [1.82, 2.24) is 5.32 Å². The Labute approximate surface area is 96.3 Å². The first-order valence-corrected chi connectivity index (χ1v) is 7.96. The molecule has 4 nitrogen and oxygen atoms in total. The van der Waals surface area contributed by atoms with E-state index in [4.69, 9.17) is 5.26 Å². The second kappa shape index (κ2) is 6.36. The summed E-state index contributed by atoms with van der Waals surface area (Å²) in [6.07, 6.45) is 1.22. The third-order valence-corrected chi connectivity index (χ3v) is 4.28. The summed E-state index contributed by atoms with van der Waals surface area (Å²) in [7, 11) is -2.89. The van der Waals surface area contributed by atoms with Crippen LogP contribution in [0.4, 0.5) is 0 Å². The molecule has 0 saturated heterocycles. The van der Waals surface area contributed by atoms with Crippen molar-refractivity contribution in [2.45, 2.75) is 19.4 Å². The molecule has 0 aliphatic heterocycles. The zero-order valence-electron chi connectivity index (χ0n) is 9.41. The van der Waals surface area contributed by atoms with Crippen LogP contribution >= 0.6 is 11.8 Å². The lowest BCUT2D eigenvalue weighted by atomic mass is 10.1. The number of nitrogens with zero attached hydrogens (tertiary/aromatic N) is 1. The maximum absolute atomic E-state index is 10.9. The van der Waals surface area contributed by atoms with Crippen molar-refractivity contribution >= 4 is 21.6 Å². The molecule has 0 saturated carbocycles. The molecule has 0 aromatic carbocycles. The van der Waals surface area contributed by atoms with Gasteiger partial charge >= 0.3 is 0 Å². The van der Waals surface area contributed by atoms with Crippen molar-refractivity contribution in [3.05, 3.63) is 0 Å². The standard InChI is InChI=1S/C9H18N2O2S2/c1-4-11-9(2,7-10)8-14-5-6-15(3,12)13/h11H,4-6,8H2,1-3H3. The first-order chi connectivity index (χ1) is 6.83.